The minimum atomic E-state index is -4.12. The van der Waals surface area contributed by atoms with Crippen molar-refractivity contribution in [1.29, 1.82) is 0 Å². The fraction of sp³-hybridized carbons (Fsp3) is 0.385. The average Bonchev–Trinajstić information content (AvgIpc) is 2.83. The molecule has 1 aliphatic heterocycles. The topological polar surface area (TPSA) is 101 Å². The highest BCUT2D eigenvalue weighted by Gasteiger charge is 2.45. The van der Waals surface area contributed by atoms with Crippen LogP contribution in [0.1, 0.15) is 13.3 Å². The van der Waals surface area contributed by atoms with Gasteiger partial charge in [-0.2, -0.15) is 4.31 Å². The molecule has 2 rings (SSSR count). The Hall–Kier alpha value is -2.00. The van der Waals surface area contributed by atoms with E-state index in [0.29, 0.717) is 0 Å². The van der Waals surface area contributed by atoms with E-state index < -0.39 is 39.9 Å². The Labute approximate surface area is 126 Å². The van der Waals surface area contributed by atoms with E-state index in [1.54, 1.807) is 0 Å². The van der Waals surface area contributed by atoms with Gasteiger partial charge in [0.25, 0.3) is 0 Å². The van der Waals surface area contributed by atoms with E-state index in [1.807, 2.05) is 0 Å². The first-order valence-electron chi connectivity index (χ1n) is 6.39. The lowest BCUT2D eigenvalue weighted by Crippen LogP contribution is -2.40. The van der Waals surface area contributed by atoms with Crippen LogP contribution < -0.4 is 0 Å². The van der Waals surface area contributed by atoms with E-state index in [2.05, 4.69) is 0 Å². The highest BCUT2D eigenvalue weighted by atomic mass is 32.2. The highest BCUT2D eigenvalue weighted by molar-refractivity contribution is 7.89. The lowest BCUT2D eigenvalue weighted by atomic mass is 10.2. The van der Waals surface area contributed by atoms with Crippen LogP contribution in [-0.2, 0) is 24.3 Å². The molecule has 0 radical (unpaired) electrons. The van der Waals surface area contributed by atoms with Gasteiger partial charge < -0.3 is 9.84 Å². The monoisotopic (exact) mass is 331 g/mol. The summed E-state index contributed by atoms with van der Waals surface area (Å²) in [5, 5.41) is 9.18. The summed E-state index contributed by atoms with van der Waals surface area (Å²) in [6, 6.07) is 2.73. The first kappa shape index (κ1) is 16.4. The first-order valence-corrected chi connectivity index (χ1v) is 7.83. The summed E-state index contributed by atoms with van der Waals surface area (Å²) in [5.41, 5.74) is 0. The molecule has 1 fully saturated rings. The molecule has 1 heterocycles. The second-order valence-electron chi connectivity index (χ2n) is 4.85. The lowest BCUT2D eigenvalue weighted by Gasteiger charge is -2.20. The molecule has 2 unspecified atom stereocenters. The molecule has 22 heavy (non-hydrogen) atoms. The van der Waals surface area contributed by atoms with Crippen LogP contribution in [0.25, 0.3) is 0 Å². The second kappa shape index (κ2) is 6.01. The molecule has 1 aliphatic rings. The number of carbonyl (C=O) groups excluding carboxylic acids is 1. The molecule has 0 spiro atoms. The number of benzene rings is 1. The molecule has 1 saturated heterocycles. The number of esters is 1. The third-order valence-corrected chi connectivity index (χ3v) is 5.14. The molecule has 1 aromatic rings. The minimum absolute atomic E-state index is 0.130. The predicted octanol–water partition coefficient (Wildman–Crippen LogP) is 0.605. The Balaban J connectivity index is 2.33. The van der Waals surface area contributed by atoms with Gasteiger partial charge in [0.1, 0.15) is 18.0 Å². The summed E-state index contributed by atoms with van der Waals surface area (Å²) in [6.45, 7) is 0.906. The maximum absolute atomic E-state index is 12.9. The molecule has 0 aromatic heterocycles. The SMILES string of the molecule is CC(=O)OC1CC(C(=O)O)N(S(=O)(=O)c2ccc(F)cc2)C1. The van der Waals surface area contributed by atoms with Gasteiger partial charge in [0.05, 0.1) is 11.4 Å². The number of ether oxygens (including phenoxy) is 1. The smallest absolute Gasteiger partial charge is 0.322 e. The van der Waals surface area contributed by atoms with Crippen LogP contribution in [0.3, 0.4) is 0 Å². The fourth-order valence-corrected chi connectivity index (χ4v) is 3.95. The molecule has 0 saturated carbocycles. The molecule has 9 heteroatoms. The van der Waals surface area contributed by atoms with Crippen LogP contribution in [0.15, 0.2) is 29.2 Å². The van der Waals surface area contributed by atoms with Crippen molar-refractivity contribution in [2.75, 3.05) is 6.54 Å². The van der Waals surface area contributed by atoms with Gasteiger partial charge in [-0.1, -0.05) is 0 Å². The van der Waals surface area contributed by atoms with Crippen molar-refractivity contribution in [2.24, 2.45) is 0 Å². The van der Waals surface area contributed by atoms with Crippen LogP contribution in [-0.4, -0.2) is 48.5 Å². The number of hydrogen-bond donors (Lipinski definition) is 1. The van der Waals surface area contributed by atoms with E-state index in [1.165, 1.54) is 0 Å². The van der Waals surface area contributed by atoms with E-state index >= 15 is 0 Å². The van der Waals surface area contributed by atoms with Crippen molar-refractivity contribution < 1.29 is 32.2 Å². The van der Waals surface area contributed by atoms with Gasteiger partial charge in [-0.3, -0.25) is 9.59 Å². The summed E-state index contributed by atoms with van der Waals surface area (Å²) in [4.78, 5) is 22.0. The zero-order valence-electron chi connectivity index (χ0n) is 11.6. The van der Waals surface area contributed by atoms with Gasteiger partial charge in [-0.05, 0) is 24.3 Å². The normalized spacial score (nSPS) is 22.5. The number of rotatable bonds is 4. The highest BCUT2D eigenvalue weighted by Crippen LogP contribution is 2.28. The van der Waals surface area contributed by atoms with Crippen molar-refractivity contribution in [3.8, 4) is 0 Å². The largest absolute Gasteiger partial charge is 0.480 e. The number of hydrogen-bond acceptors (Lipinski definition) is 5. The average molecular weight is 331 g/mol. The maximum atomic E-state index is 12.9. The van der Waals surface area contributed by atoms with Crippen LogP contribution in [0.5, 0.6) is 0 Å². The predicted molar refractivity (Wildman–Crippen MR) is 71.9 cm³/mol. The maximum Gasteiger partial charge on any atom is 0.322 e. The van der Waals surface area contributed by atoms with Crippen LogP contribution in [0, 0.1) is 5.82 Å². The molecule has 1 aromatic carbocycles. The minimum Gasteiger partial charge on any atom is -0.480 e. The number of carbonyl (C=O) groups is 2. The molecule has 0 amide bonds. The standard InChI is InChI=1S/C13H14FNO6S/c1-8(16)21-10-6-12(13(17)18)15(7-10)22(19,20)11-4-2-9(14)3-5-11/h2-5,10,12H,6-7H2,1H3,(H,17,18). The van der Waals surface area contributed by atoms with Crippen molar-refractivity contribution in [3.63, 3.8) is 0 Å². The molecular weight excluding hydrogens is 317 g/mol. The Morgan fingerprint density at radius 2 is 1.91 bits per heavy atom. The summed E-state index contributed by atoms with van der Waals surface area (Å²) < 4.78 is 43.5. The molecule has 0 bridgehead atoms. The quantitative estimate of drug-likeness (QED) is 0.811. The van der Waals surface area contributed by atoms with Crippen LogP contribution in [0.4, 0.5) is 4.39 Å². The molecule has 120 valence electrons. The van der Waals surface area contributed by atoms with Crippen LogP contribution in [0.2, 0.25) is 0 Å². The van der Waals surface area contributed by atoms with E-state index in [4.69, 9.17) is 4.74 Å². The van der Waals surface area contributed by atoms with Gasteiger partial charge in [0.15, 0.2) is 0 Å². The number of halogens is 1. The van der Waals surface area contributed by atoms with Gasteiger partial charge >= 0.3 is 11.9 Å². The second-order valence-corrected chi connectivity index (χ2v) is 6.74. The molecular formula is C13H14FNO6S. The molecule has 0 aliphatic carbocycles. The number of carboxylic acids is 1. The summed E-state index contributed by atoms with van der Waals surface area (Å²) in [6.07, 6.45) is -0.955. The van der Waals surface area contributed by atoms with Gasteiger partial charge in [-0.25, -0.2) is 12.8 Å². The zero-order valence-corrected chi connectivity index (χ0v) is 12.4. The zero-order chi connectivity index (χ0) is 16.5. The number of sulfonamides is 1. The number of nitrogens with zero attached hydrogens (tertiary/aromatic N) is 1. The third kappa shape index (κ3) is 3.25. The van der Waals surface area contributed by atoms with Crippen molar-refractivity contribution in [1.82, 2.24) is 4.31 Å². The van der Waals surface area contributed by atoms with Gasteiger partial charge in [0.2, 0.25) is 10.0 Å². The van der Waals surface area contributed by atoms with Gasteiger partial charge in [0, 0.05) is 13.3 Å². The van der Waals surface area contributed by atoms with Crippen molar-refractivity contribution in [3.05, 3.63) is 30.1 Å². The Bertz CT molecular complexity index is 687. The first-order chi connectivity index (χ1) is 10.2. The number of carboxylic acid groups (broad SMARTS) is 1. The Kier molecular flexibility index (Phi) is 4.47. The summed E-state index contributed by atoms with van der Waals surface area (Å²) in [5.74, 6) is -2.55. The summed E-state index contributed by atoms with van der Waals surface area (Å²) in [7, 11) is -4.12. The Morgan fingerprint density at radius 1 is 1.32 bits per heavy atom. The van der Waals surface area contributed by atoms with Crippen molar-refractivity contribution in [2.45, 2.75) is 30.4 Å². The van der Waals surface area contributed by atoms with Crippen LogP contribution >= 0.6 is 0 Å². The van der Waals surface area contributed by atoms with E-state index in [0.717, 1.165) is 35.5 Å². The van der Waals surface area contributed by atoms with Gasteiger partial charge in [-0.15, -0.1) is 0 Å². The van der Waals surface area contributed by atoms with E-state index in [9.17, 15) is 27.5 Å². The Morgan fingerprint density at radius 3 is 2.41 bits per heavy atom. The third-order valence-electron chi connectivity index (χ3n) is 3.26. The lowest BCUT2D eigenvalue weighted by molar-refractivity contribution is -0.146. The fourth-order valence-electron chi connectivity index (χ4n) is 2.32. The van der Waals surface area contributed by atoms with Crippen molar-refractivity contribution >= 4 is 22.0 Å². The summed E-state index contributed by atoms with van der Waals surface area (Å²) >= 11 is 0. The van der Waals surface area contributed by atoms with E-state index in [-0.39, 0.29) is 17.9 Å². The molecule has 7 nitrogen and oxygen atoms in total. The molecule has 2 atom stereocenters. The number of aliphatic carboxylic acids is 1. The molecule has 1 N–H and O–H groups in total.